The fourth-order valence-electron chi connectivity index (χ4n) is 5.05. The van der Waals surface area contributed by atoms with E-state index >= 15 is 0 Å². The van der Waals surface area contributed by atoms with Crippen LogP contribution in [0.1, 0.15) is 36.6 Å². The highest BCUT2D eigenvalue weighted by Crippen LogP contribution is 2.41. The number of carbonyl (C=O) groups is 3. The van der Waals surface area contributed by atoms with E-state index in [1.807, 2.05) is 12.1 Å². The van der Waals surface area contributed by atoms with Crippen molar-refractivity contribution in [2.45, 2.75) is 0 Å². The van der Waals surface area contributed by atoms with Gasteiger partial charge in [0.15, 0.2) is 18.7 Å². The second-order valence-electron chi connectivity index (χ2n) is 10.4. The number of aromatic amines is 2. The predicted octanol–water partition coefficient (Wildman–Crippen LogP) is 4.66. The molecule has 0 aliphatic carbocycles. The monoisotopic (exact) mass is 666 g/mol. The lowest BCUT2D eigenvalue weighted by atomic mass is 10.1. The number of aromatic nitrogens is 4. The molecule has 49 heavy (non-hydrogen) atoms. The van der Waals surface area contributed by atoms with Crippen LogP contribution in [0, 0.1) is 0 Å². The summed E-state index contributed by atoms with van der Waals surface area (Å²) < 4.78 is 20.4. The van der Waals surface area contributed by atoms with Crippen molar-refractivity contribution < 1.29 is 53.8 Å². The molecule has 2 aliphatic rings. The molecule has 0 atom stereocenters. The first-order valence-corrected chi connectivity index (χ1v) is 14.3. The summed E-state index contributed by atoms with van der Waals surface area (Å²) in [5, 5.41) is 37.6. The molecule has 0 spiro atoms. The van der Waals surface area contributed by atoms with E-state index in [4.69, 9.17) is 24.1 Å². The number of aldehydes is 1. The number of nitrogens with zero attached hydrogens (tertiary/aromatic N) is 2. The van der Waals surface area contributed by atoms with Crippen molar-refractivity contribution in [1.82, 2.24) is 19.9 Å². The van der Waals surface area contributed by atoms with Gasteiger partial charge >= 0.3 is 0 Å². The minimum atomic E-state index is -0.459. The van der Waals surface area contributed by atoms with Gasteiger partial charge in [-0.2, -0.15) is 0 Å². The van der Waals surface area contributed by atoms with Crippen LogP contribution in [-0.2, 0) is 0 Å². The normalized spacial score (nSPS) is 13.5. The van der Waals surface area contributed by atoms with E-state index in [1.54, 1.807) is 31.6 Å². The molecule has 6 aromatic rings. The highest BCUT2D eigenvalue weighted by Gasteiger charge is 2.31. The quantitative estimate of drug-likeness (QED) is 0.111. The molecule has 15 heteroatoms. The molecule has 2 aliphatic heterocycles. The number of hydrogen-bond donors (Lipinski definition) is 6. The number of allylic oxidation sites excluding steroid dienone is 1. The van der Waals surface area contributed by atoms with E-state index in [2.05, 4.69) is 19.9 Å². The first-order valence-electron chi connectivity index (χ1n) is 14.3. The van der Waals surface area contributed by atoms with E-state index in [0.29, 0.717) is 33.9 Å². The van der Waals surface area contributed by atoms with Gasteiger partial charge in [0.25, 0.3) is 0 Å². The highest BCUT2D eigenvalue weighted by molar-refractivity contribution is 6.16. The van der Waals surface area contributed by atoms with Crippen LogP contribution in [-0.4, -0.2) is 79.0 Å². The first-order chi connectivity index (χ1) is 23.6. The summed E-state index contributed by atoms with van der Waals surface area (Å²) in [7, 11) is 3.07. The second-order valence-corrected chi connectivity index (χ2v) is 10.4. The Kier molecular flexibility index (Phi) is 8.47. The summed E-state index contributed by atoms with van der Waals surface area (Å²) in [6.45, 7) is -0.0631. The smallest absolute Gasteiger partial charge is 0.235 e. The number of carbonyl (C=O) groups excluding carboxylic acids is 3. The van der Waals surface area contributed by atoms with Crippen molar-refractivity contribution in [2.75, 3.05) is 20.8 Å². The number of ether oxygens (including phenoxy) is 4. The number of ketones is 2. The predicted molar refractivity (Wildman–Crippen MR) is 173 cm³/mol. The topological polar surface area (TPSA) is 226 Å². The maximum atomic E-state index is 12.4. The molecule has 0 saturated heterocycles. The van der Waals surface area contributed by atoms with Crippen LogP contribution in [0.15, 0.2) is 66.7 Å². The number of phenols is 4. The summed E-state index contributed by atoms with van der Waals surface area (Å²) in [5.74, 6) is -0.198. The van der Waals surface area contributed by atoms with Crippen molar-refractivity contribution >= 4 is 46.0 Å². The number of phenolic OH excluding ortho intramolecular Hbond substituents is 4. The largest absolute Gasteiger partial charge is 0.508 e. The van der Waals surface area contributed by atoms with E-state index in [9.17, 15) is 29.7 Å². The maximum absolute atomic E-state index is 12.4. The molecule has 6 heterocycles. The number of hydrogen-bond acceptors (Lipinski definition) is 13. The molecule has 0 unspecified atom stereocenters. The number of fused-ring (bicyclic) bond motifs is 4. The average Bonchev–Trinajstić information content (AvgIpc) is 3.86. The molecule has 0 saturated carbocycles. The van der Waals surface area contributed by atoms with E-state index in [-0.39, 0.29) is 63.8 Å². The van der Waals surface area contributed by atoms with E-state index < -0.39 is 5.78 Å². The van der Waals surface area contributed by atoms with Gasteiger partial charge < -0.3 is 49.3 Å². The van der Waals surface area contributed by atoms with Crippen LogP contribution in [0.2, 0.25) is 0 Å². The molecule has 15 nitrogen and oxygen atoms in total. The van der Waals surface area contributed by atoms with Crippen LogP contribution < -0.4 is 18.9 Å². The Morgan fingerprint density at radius 2 is 1.31 bits per heavy atom. The number of benzene rings is 2. The Morgan fingerprint density at radius 1 is 0.755 bits per heavy atom. The lowest BCUT2D eigenvalue weighted by Crippen LogP contribution is -1.98. The zero-order valence-corrected chi connectivity index (χ0v) is 25.7. The van der Waals surface area contributed by atoms with Crippen LogP contribution in [0.25, 0.3) is 28.1 Å². The highest BCUT2D eigenvalue weighted by atomic mass is 16.5. The van der Waals surface area contributed by atoms with Gasteiger partial charge in [0.2, 0.25) is 23.3 Å². The Balaban J connectivity index is 0.000000140. The molecular weight excluding hydrogens is 640 g/mol. The van der Waals surface area contributed by atoms with E-state index in [1.165, 1.54) is 25.3 Å². The van der Waals surface area contributed by atoms with Crippen LogP contribution in [0.3, 0.4) is 0 Å². The molecule has 6 N–H and O–H groups in total. The fourth-order valence-corrected chi connectivity index (χ4v) is 5.05. The van der Waals surface area contributed by atoms with Crippen molar-refractivity contribution in [3.63, 3.8) is 0 Å². The van der Waals surface area contributed by atoms with Gasteiger partial charge in [-0.3, -0.25) is 14.4 Å². The maximum Gasteiger partial charge on any atom is 0.235 e. The zero-order chi connectivity index (χ0) is 34.8. The third-order valence-corrected chi connectivity index (χ3v) is 7.33. The van der Waals surface area contributed by atoms with Gasteiger partial charge in [-0.15, -0.1) is 0 Å². The molecular formula is C34H26N4O11. The standard InChI is InChI=1S/C17H12N2O5.C9H8N2O2.C8H6O4/c1-23-14-3-2-10-16(19-14)8(7-18-10)4-13-17(22)15-11(21)5-9(20)6-12(15)24-13;1-13-8-3-2-7-9(11-8)6(5-12)4-10-7;9-4-1-5(10)8-6(11)3-12-7(8)2-4/h2-7,18,20-21H,1H3;2-5,10H,1H3;1-2,9-10H,3H2/b13-4-;;. The van der Waals surface area contributed by atoms with Crippen LogP contribution in [0.5, 0.6) is 46.3 Å². The molecule has 0 radical (unpaired) electrons. The van der Waals surface area contributed by atoms with Crippen molar-refractivity contribution in [3.05, 3.63) is 88.9 Å². The second kappa shape index (κ2) is 13.0. The van der Waals surface area contributed by atoms with Gasteiger partial charge in [0.05, 0.1) is 36.3 Å². The van der Waals surface area contributed by atoms with Crippen molar-refractivity contribution in [1.29, 1.82) is 0 Å². The van der Waals surface area contributed by atoms with Crippen LogP contribution in [0.4, 0.5) is 0 Å². The summed E-state index contributed by atoms with van der Waals surface area (Å²) in [4.78, 5) is 48.5. The molecule has 8 rings (SSSR count). The van der Waals surface area contributed by atoms with Gasteiger partial charge in [-0.1, -0.05) is 0 Å². The third kappa shape index (κ3) is 6.23. The van der Waals surface area contributed by atoms with Crippen molar-refractivity contribution in [3.8, 4) is 46.3 Å². The number of methoxy groups -OCH3 is 2. The van der Waals surface area contributed by atoms with Crippen LogP contribution >= 0.6 is 0 Å². The number of nitrogens with one attached hydrogen (secondary N) is 2. The SMILES string of the molecule is COc1ccc2[nH]cc(/C=C3\Oc4cc(O)cc(O)c4C3=O)c2n1.COc1ccc2[nH]cc(C=O)c2n1.O=C1COc2cc(O)cc(O)c21. The summed E-state index contributed by atoms with van der Waals surface area (Å²) in [6, 6.07) is 11.9. The molecule has 4 aromatic heterocycles. The van der Waals surface area contributed by atoms with E-state index in [0.717, 1.165) is 29.5 Å². The lowest BCUT2D eigenvalue weighted by molar-refractivity contribution is 0.0958. The first kappa shape index (κ1) is 31.9. The number of Topliss-reactive ketones (excluding diaryl/α,β-unsaturated/α-hetero) is 2. The Labute approximate surface area is 275 Å². The summed E-state index contributed by atoms with van der Waals surface area (Å²) >= 11 is 0. The Hall–Kier alpha value is -7.03. The number of pyridine rings is 2. The molecule has 0 amide bonds. The fraction of sp³-hybridized carbons (Fsp3) is 0.0882. The zero-order valence-electron chi connectivity index (χ0n) is 25.7. The molecule has 2 aromatic carbocycles. The van der Waals surface area contributed by atoms with Gasteiger partial charge in [0.1, 0.15) is 51.1 Å². The number of aromatic hydroxyl groups is 4. The van der Waals surface area contributed by atoms with Gasteiger partial charge in [-0.25, -0.2) is 9.97 Å². The average molecular weight is 667 g/mol. The summed E-state index contributed by atoms with van der Waals surface area (Å²) in [6.07, 6.45) is 5.63. The summed E-state index contributed by atoms with van der Waals surface area (Å²) in [5.41, 5.74) is 4.28. The third-order valence-electron chi connectivity index (χ3n) is 7.33. The number of rotatable bonds is 4. The molecule has 248 valence electrons. The van der Waals surface area contributed by atoms with Crippen molar-refractivity contribution in [2.24, 2.45) is 0 Å². The van der Waals surface area contributed by atoms with Gasteiger partial charge in [-0.05, 0) is 18.2 Å². The Bertz CT molecular complexity index is 2310. The lowest BCUT2D eigenvalue weighted by Gasteiger charge is -2.00. The van der Waals surface area contributed by atoms with Gasteiger partial charge in [0, 0.05) is 54.4 Å². The minimum Gasteiger partial charge on any atom is -0.508 e. The molecule has 0 bridgehead atoms. The minimum absolute atomic E-state index is 0.0319. The molecule has 0 fully saturated rings. The Morgan fingerprint density at radius 3 is 1.90 bits per heavy atom. The number of H-pyrrole nitrogens is 2.